The van der Waals surface area contributed by atoms with Gasteiger partial charge in [-0.3, -0.25) is 4.89 Å². The molecule has 0 fully saturated rings. The molecule has 0 aliphatic carbocycles. The van der Waals surface area contributed by atoms with Crippen LogP contribution < -0.4 is 0 Å². The van der Waals surface area contributed by atoms with Crippen molar-refractivity contribution in [3.8, 4) is 22.3 Å². The topological polar surface area (TPSA) is 35.5 Å². The Morgan fingerprint density at radius 3 is 1.88 bits per heavy atom. The van der Waals surface area contributed by atoms with E-state index in [-0.39, 0.29) is 23.6 Å². The van der Waals surface area contributed by atoms with Gasteiger partial charge in [0.25, 0.3) is 0 Å². The number of carbonyl (C=O) groups excluding carboxylic acids is 1. The normalized spacial score (nSPS) is 11.2. The molecule has 3 aromatic rings. The summed E-state index contributed by atoms with van der Waals surface area (Å²) in [6.07, 6.45) is 18.0. The fourth-order valence-electron chi connectivity index (χ4n) is 5.49. The van der Waals surface area contributed by atoms with Gasteiger partial charge >= 0.3 is 5.97 Å². The first kappa shape index (κ1) is 34.4. The lowest BCUT2D eigenvalue weighted by Gasteiger charge is -2.15. The van der Waals surface area contributed by atoms with E-state index in [2.05, 4.69) is 13.8 Å². The molecule has 0 heterocycles. The highest BCUT2D eigenvalue weighted by Crippen LogP contribution is 2.37. The Labute approximate surface area is 257 Å². The number of halogens is 2. The highest BCUT2D eigenvalue weighted by atomic mass is 19.1. The van der Waals surface area contributed by atoms with Gasteiger partial charge in [0.1, 0.15) is 11.6 Å². The van der Waals surface area contributed by atoms with E-state index in [4.69, 9.17) is 9.78 Å². The summed E-state index contributed by atoms with van der Waals surface area (Å²) in [7, 11) is 0. The summed E-state index contributed by atoms with van der Waals surface area (Å²) in [5.74, 6) is -2.00. The minimum absolute atomic E-state index is 0.171. The first-order valence-electron chi connectivity index (χ1n) is 16.6. The molecule has 0 bridgehead atoms. The summed E-state index contributed by atoms with van der Waals surface area (Å²) in [5, 5.41) is 0. The molecule has 0 aliphatic rings. The monoisotopic (exact) mass is 592 g/mol. The lowest BCUT2D eigenvalue weighted by molar-refractivity contribution is -0.241. The predicted molar refractivity (Wildman–Crippen MR) is 173 cm³/mol. The number of rotatable bonds is 21. The Morgan fingerprint density at radius 2 is 1.26 bits per heavy atom. The van der Waals surface area contributed by atoms with Crippen LogP contribution in [0.4, 0.5) is 8.78 Å². The van der Waals surface area contributed by atoms with E-state index in [9.17, 15) is 4.79 Å². The molecular formula is C38H50F2O3. The quantitative estimate of drug-likeness (QED) is 0.0701. The molecule has 0 saturated carbocycles. The van der Waals surface area contributed by atoms with Gasteiger partial charge in [0, 0.05) is 5.56 Å². The van der Waals surface area contributed by atoms with Gasteiger partial charge in [-0.25, -0.2) is 13.6 Å². The molecule has 0 atom stereocenters. The molecule has 0 saturated heterocycles. The van der Waals surface area contributed by atoms with E-state index in [1.165, 1.54) is 76.3 Å². The molecule has 43 heavy (non-hydrogen) atoms. The highest BCUT2D eigenvalue weighted by Gasteiger charge is 2.23. The van der Waals surface area contributed by atoms with Gasteiger partial charge in [-0.15, -0.1) is 0 Å². The lowest BCUT2D eigenvalue weighted by atomic mass is 9.91. The second-order valence-electron chi connectivity index (χ2n) is 11.6. The second kappa shape index (κ2) is 20.0. The summed E-state index contributed by atoms with van der Waals surface area (Å²) in [5.41, 5.74) is 2.30. The van der Waals surface area contributed by atoms with Crippen molar-refractivity contribution in [3.05, 3.63) is 83.4 Å². The van der Waals surface area contributed by atoms with Crippen LogP contribution in [0.3, 0.4) is 0 Å². The minimum Gasteiger partial charge on any atom is -0.293 e. The van der Waals surface area contributed by atoms with Crippen molar-refractivity contribution in [2.24, 2.45) is 0 Å². The largest absolute Gasteiger partial charge is 0.376 e. The molecule has 0 amide bonds. The molecule has 0 spiro atoms. The Kier molecular flexibility index (Phi) is 16.0. The first-order valence-corrected chi connectivity index (χ1v) is 16.6. The zero-order valence-corrected chi connectivity index (χ0v) is 26.3. The average Bonchev–Trinajstić information content (AvgIpc) is 3.02. The lowest BCUT2D eigenvalue weighted by Crippen LogP contribution is -2.10. The summed E-state index contributed by atoms with van der Waals surface area (Å²) in [4.78, 5) is 22.9. The molecule has 3 nitrogen and oxygen atoms in total. The third kappa shape index (κ3) is 11.5. The van der Waals surface area contributed by atoms with Gasteiger partial charge in [-0.05, 0) is 53.6 Å². The van der Waals surface area contributed by atoms with E-state index in [0.29, 0.717) is 23.1 Å². The first-order chi connectivity index (χ1) is 21.1. The predicted octanol–water partition coefficient (Wildman–Crippen LogP) is 11.8. The summed E-state index contributed by atoms with van der Waals surface area (Å²) >= 11 is 0. The molecule has 0 aromatic heterocycles. The maximum atomic E-state index is 16.1. The van der Waals surface area contributed by atoms with E-state index in [1.807, 2.05) is 30.3 Å². The maximum Gasteiger partial charge on any atom is 0.376 e. The highest BCUT2D eigenvalue weighted by molar-refractivity contribution is 5.95. The third-order valence-electron chi connectivity index (χ3n) is 8.05. The van der Waals surface area contributed by atoms with Gasteiger partial charge in [0.15, 0.2) is 0 Å². The Hall–Kier alpha value is -3.05. The Bertz CT molecular complexity index is 1230. The SMILES string of the molecule is CCCCCCCCCCCc1ccc(-c2c(-c3ccccc3)ccc(C(=O)OOCCCCCCCC)c2F)cc1F. The van der Waals surface area contributed by atoms with E-state index in [1.54, 1.807) is 18.2 Å². The molecule has 0 aliphatic heterocycles. The van der Waals surface area contributed by atoms with Crippen LogP contribution in [0, 0.1) is 11.6 Å². The number of unbranched alkanes of at least 4 members (excludes halogenated alkanes) is 13. The van der Waals surface area contributed by atoms with Gasteiger partial charge < -0.3 is 0 Å². The van der Waals surface area contributed by atoms with Gasteiger partial charge in [0.2, 0.25) is 0 Å². The minimum atomic E-state index is -0.896. The number of hydrogen-bond acceptors (Lipinski definition) is 3. The van der Waals surface area contributed by atoms with Crippen LogP contribution >= 0.6 is 0 Å². The number of carbonyl (C=O) groups is 1. The molecule has 5 heteroatoms. The molecule has 0 radical (unpaired) electrons. The van der Waals surface area contributed by atoms with Crippen LogP contribution in [0.1, 0.15) is 126 Å². The van der Waals surface area contributed by atoms with Crippen LogP contribution in [-0.4, -0.2) is 12.6 Å². The van der Waals surface area contributed by atoms with Crippen molar-refractivity contribution in [1.29, 1.82) is 0 Å². The van der Waals surface area contributed by atoms with Gasteiger partial charge in [-0.1, -0.05) is 146 Å². The van der Waals surface area contributed by atoms with E-state index in [0.717, 1.165) is 37.7 Å². The fraction of sp³-hybridized carbons (Fsp3) is 0.500. The zero-order chi connectivity index (χ0) is 30.7. The zero-order valence-electron chi connectivity index (χ0n) is 26.3. The molecule has 234 valence electrons. The van der Waals surface area contributed by atoms with Crippen molar-refractivity contribution < 1.29 is 23.4 Å². The molecule has 0 unspecified atom stereocenters. The smallest absolute Gasteiger partial charge is 0.293 e. The van der Waals surface area contributed by atoms with Crippen molar-refractivity contribution in [1.82, 2.24) is 0 Å². The van der Waals surface area contributed by atoms with Gasteiger partial charge in [-0.2, -0.15) is 4.89 Å². The summed E-state index contributed by atoms with van der Waals surface area (Å²) < 4.78 is 31.4. The van der Waals surface area contributed by atoms with E-state index < -0.39 is 11.8 Å². The molecule has 0 N–H and O–H groups in total. The molecular weight excluding hydrogens is 542 g/mol. The number of hydrogen-bond donors (Lipinski definition) is 0. The van der Waals surface area contributed by atoms with E-state index >= 15 is 8.78 Å². The van der Waals surface area contributed by atoms with Crippen molar-refractivity contribution in [2.75, 3.05) is 6.61 Å². The number of aryl methyl sites for hydroxylation is 1. The Morgan fingerprint density at radius 1 is 0.651 bits per heavy atom. The van der Waals surface area contributed by atoms with Crippen LogP contribution in [0.5, 0.6) is 0 Å². The summed E-state index contributed by atoms with van der Waals surface area (Å²) in [6, 6.07) is 17.3. The molecule has 3 rings (SSSR count). The van der Waals surface area contributed by atoms with Crippen LogP contribution in [0.2, 0.25) is 0 Å². The van der Waals surface area contributed by atoms with Crippen LogP contribution in [-0.2, 0) is 16.2 Å². The van der Waals surface area contributed by atoms with Crippen molar-refractivity contribution >= 4 is 5.97 Å². The standard InChI is InChI=1S/C38H50F2O3/c1-3-5-7-9-11-12-13-14-17-23-31-24-25-32(29-35(31)39)36-33(30-21-18-16-19-22-30)26-27-34(37(36)40)38(41)43-42-28-20-15-10-8-6-4-2/h16,18-19,21-22,24-27,29H,3-15,17,20,23,28H2,1-2H3. The average molecular weight is 593 g/mol. The molecule has 3 aromatic carbocycles. The van der Waals surface area contributed by atoms with Crippen LogP contribution in [0.25, 0.3) is 22.3 Å². The Balaban J connectivity index is 1.68. The second-order valence-corrected chi connectivity index (χ2v) is 11.6. The van der Waals surface area contributed by atoms with Crippen LogP contribution in [0.15, 0.2) is 60.7 Å². The fourth-order valence-corrected chi connectivity index (χ4v) is 5.49. The third-order valence-corrected chi connectivity index (χ3v) is 8.05. The van der Waals surface area contributed by atoms with Crippen molar-refractivity contribution in [3.63, 3.8) is 0 Å². The maximum absolute atomic E-state index is 16.1. The summed E-state index contributed by atoms with van der Waals surface area (Å²) in [6.45, 7) is 4.66. The number of benzene rings is 3. The van der Waals surface area contributed by atoms with Crippen molar-refractivity contribution in [2.45, 2.75) is 117 Å². The van der Waals surface area contributed by atoms with Gasteiger partial charge in [0.05, 0.1) is 12.2 Å².